The quantitative estimate of drug-likeness (QED) is 0.765. The fourth-order valence-electron chi connectivity index (χ4n) is 1.90. The summed E-state index contributed by atoms with van der Waals surface area (Å²) in [4.78, 5) is 0. The van der Waals surface area contributed by atoms with Gasteiger partial charge < -0.3 is 10.5 Å². The number of halogens is 1. The molecule has 0 radical (unpaired) electrons. The lowest BCUT2D eigenvalue weighted by atomic mass is 10.0. The zero-order valence-corrected chi connectivity index (χ0v) is 13.2. The van der Waals surface area contributed by atoms with Crippen molar-refractivity contribution < 1.29 is 4.74 Å². The van der Waals surface area contributed by atoms with E-state index in [2.05, 4.69) is 48.8 Å². The summed E-state index contributed by atoms with van der Waals surface area (Å²) < 4.78 is 7.03. The van der Waals surface area contributed by atoms with Gasteiger partial charge in [-0.2, -0.15) is 0 Å². The predicted molar refractivity (Wildman–Crippen MR) is 81.3 cm³/mol. The van der Waals surface area contributed by atoms with Crippen LogP contribution < -0.4 is 10.5 Å². The molecular formula is C15H24BrNO. The van der Waals surface area contributed by atoms with Crippen molar-refractivity contribution in [3.05, 3.63) is 27.7 Å². The van der Waals surface area contributed by atoms with Crippen LogP contribution in [-0.4, -0.2) is 12.6 Å². The molecule has 0 spiro atoms. The number of rotatable bonds is 7. The second-order valence-corrected chi connectivity index (χ2v) is 5.70. The summed E-state index contributed by atoms with van der Waals surface area (Å²) in [6.45, 7) is 7.17. The van der Waals surface area contributed by atoms with Gasteiger partial charge in [0.25, 0.3) is 0 Å². The average molecular weight is 314 g/mol. The maximum atomic E-state index is 6.06. The molecule has 3 heteroatoms. The van der Waals surface area contributed by atoms with Crippen molar-refractivity contribution in [2.75, 3.05) is 6.61 Å². The molecule has 0 fully saturated rings. The third-order valence-corrected chi connectivity index (χ3v) is 3.52. The van der Waals surface area contributed by atoms with E-state index in [4.69, 9.17) is 10.5 Å². The number of hydrogen-bond acceptors (Lipinski definition) is 2. The molecule has 1 aromatic rings. The van der Waals surface area contributed by atoms with E-state index < -0.39 is 0 Å². The molecular weight excluding hydrogens is 290 g/mol. The van der Waals surface area contributed by atoms with E-state index in [0.717, 1.165) is 42.5 Å². The van der Waals surface area contributed by atoms with Gasteiger partial charge >= 0.3 is 0 Å². The molecule has 0 aromatic heterocycles. The monoisotopic (exact) mass is 313 g/mol. The van der Waals surface area contributed by atoms with Crippen molar-refractivity contribution in [2.24, 2.45) is 5.73 Å². The molecule has 1 rings (SSSR count). The molecule has 102 valence electrons. The lowest BCUT2D eigenvalue weighted by Gasteiger charge is -2.17. The largest absolute Gasteiger partial charge is 0.493 e. The molecule has 2 N–H and O–H groups in total. The van der Waals surface area contributed by atoms with Gasteiger partial charge in [-0.05, 0) is 49.4 Å². The minimum atomic E-state index is 0.201. The maximum Gasteiger partial charge on any atom is 0.125 e. The van der Waals surface area contributed by atoms with Gasteiger partial charge in [-0.25, -0.2) is 0 Å². The zero-order valence-electron chi connectivity index (χ0n) is 11.6. The molecule has 1 unspecified atom stereocenters. The molecule has 0 amide bonds. The lowest BCUT2D eigenvalue weighted by Crippen LogP contribution is -2.22. The van der Waals surface area contributed by atoms with E-state index in [9.17, 15) is 0 Å². The molecule has 0 aliphatic rings. The molecule has 0 saturated carbocycles. The minimum Gasteiger partial charge on any atom is -0.493 e. The highest BCUT2D eigenvalue weighted by molar-refractivity contribution is 9.10. The molecule has 1 atom stereocenters. The summed E-state index contributed by atoms with van der Waals surface area (Å²) in [5.41, 5.74) is 8.45. The maximum absolute atomic E-state index is 6.06. The number of aryl methyl sites for hydroxylation is 1. The normalized spacial score (nSPS) is 12.5. The first kappa shape index (κ1) is 15.5. The Balaban J connectivity index is 2.89. The molecule has 0 heterocycles. The Morgan fingerprint density at radius 3 is 2.67 bits per heavy atom. The van der Waals surface area contributed by atoms with Crippen LogP contribution in [0.4, 0.5) is 0 Å². The Morgan fingerprint density at radius 1 is 1.33 bits per heavy atom. The van der Waals surface area contributed by atoms with Crippen molar-refractivity contribution >= 4 is 15.9 Å². The average Bonchev–Trinajstić information content (AvgIpc) is 2.32. The highest BCUT2D eigenvalue weighted by Gasteiger charge is 2.11. The topological polar surface area (TPSA) is 35.2 Å². The second kappa shape index (κ2) is 7.80. The summed E-state index contributed by atoms with van der Waals surface area (Å²) in [6.07, 6.45) is 4.10. The number of unbranched alkanes of at least 4 members (excludes halogenated alkanes) is 1. The van der Waals surface area contributed by atoms with Crippen LogP contribution in [0.5, 0.6) is 5.75 Å². The van der Waals surface area contributed by atoms with Gasteiger partial charge in [0, 0.05) is 10.5 Å². The summed E-state index contributed by atoms with van der Waals surface area (Å²) in [6, 6.07) is 4.43. The van der Waals surface area contributed by atoms with Crippen LogP contribution in [-0.2, 0) is 6.42 Å². The van der Waals surface area contributed by atoms with Crippen molar-refractivity contribution in [3.63, 3.8) is 0 Å². The van der Waals surface area contributed by atoms with Gasteiger partial charge in [0.05, 0.1) is 6.61 Å². The van der Waals surface area contributed by atoms with E-state index in [0.29, 0.717) is 0 Å². The van der Waals surface area contributed by atoms with Crippen LogP contribution in [0.15, 0.2) is 16.6 Å². The van der Waals surface area contributed by atoms with Gasteiger partial charge in [-0.3, -0.25) is 0 Å². The molecule has 0 aliphatic heterocycles. The van der Waals surface area contributed by atoms with E-state index >= 15 is 0 Å². The van der Waals surface area contributed by atoms with Crippen molar-refractivity contribution in [1.82, 2.24) is 0 Å². The summed E-state index contributed by atoms with van der Waals surface area (Å²) in [5, 5.41) is 0. The van der Waals surface area contributed by atoms with Crippen LogP contribution in [0, 0.1) is 6.92 Å². The van der Waals surface area contributed by atoms with Crippen LogP contribution in [0.2, 0.25) is 0 Å². The lowest BCUT2D eigenvalue weighted by molar-refractivity contribution is 0.303. The first-order valence-corrected chi connectivity index (χ1v) is 7.55. The molecule has 1 aromatic carbocycles. The van der Waals surface area contributed by atoms with E-state index in [1.807, 2.05) is 0 Å². The molecule has 2 nitrogen and oxygen atoms in total. The van der Waals surface area contributed by atoms with Gasteiger partial charge in [0.1, 0.15) is 5.75 Å². The fourth-order valence-corrected chi connectivity index (χ4v) is 2.52. The van der Waals surface area contributed by atoms with Crippen LogP contribution in [0.25, 0.3) is 0 Å². The molecule has 0 aliphatic carbocycles. The molecule has 0 saturated heterocycles. The Morgan fingerprint density at radius 2 is 2.06 bits per heavy atom. The first-order valence-electron chi connectivity index (χ1n) is 6.75. The SMILES string of the molecule is CCCCOc1c(C)cc(Br)cc1CC(N)CC. The van der Waals surface area contributed by atoms with Gasteiger partial charge in [0.2, 0.25) is 0 Å². The van der Waals surface area contributed by atoms with E-state index in [1.54, 1.807) is 0 Å². The Hall–Kier alpha value is -0.540. The second-order valence-electron chi connectivity index (χ2n) is 4.79. The number of ether oxygens (including phenoxy) is 1. The van der Waals surface area contributed by atoms with E-state index in [-0.39, 0.29) is 6.04 Å². The third-order valence-electron chi connectivity index (χ3n) is 3.07. The molecule has 18 heavy (non-hydrogen) atoms. The number of hydrogen-bond donors (Lipinski definition) is 1. The molecule has 0 bridgehead atoms. The summed E-state index contributed by atoms with van der Waals surface area (Å²) in [5.74, 6) is 1.02. The van der Waals surface area contributed by atoms with Crippen LogP contribution >= 0.6 is 15.9 Å². The first-order chi connectivity index (χ1) is 8.58. The van der Waals surface area contributed by atoms with Gasteiger partial charge in [-0.1, -0.05) is 36.2 Å². The van der Waals surface area contributed by atoms with E-state index in [1.165, 1.54) is 11.1 Å². The van der Waals surface area contributed by atoms with Crippen LogP contribution in [0.3, 0.4) is 0 Å². The Bertz CT molecular complexity index is 379. The smallest absolute Gasteiger partial charge is 0.125 e. The Labute approximate surface area is 119 Å². The zero-order chi connectivity index (χ0) is 13.5. The predicted octanol–water partition coefficient (Wildman–Crippen LogP) is 4.22. The van der Waals surface area contributed by atoms with Crippen LogP contribution in [0.1, 0.15) is 44.2 Å². The highest BCUT2D eigenvalue weighted by atomic mass is 79.9. The van der Waals surface area contributed by atoms with Crippen molar-refractivity contribution in [3.8, 4) is 5.75 Å². The minimum absolute atomic E-state index is 0.201. The Kier molecular flexibility index (Phi) is 6.72. The fraction of sp³-hybridized carbons (Fsp3) is 0.600. The highest BCUT2D eigenvalue weighted by Crippen LogP contribution is 2.29. The summed E-state index contributed by atoms with van der Waals surface area (Å²) >= 11 is 3.54. The standard InChI is InChI=1S/C15H24BrNO/c1-4-6-7-18-15-11(3)8-13(16)9-12(15)10-14(17)5-2/h8-9,14H,4-7,10,17H2,1-3H3. The number of nitrogens with two attached hydrogens (primary N) is 1. The number of benzene rings is 1. The van der Waals surface area contributed by atoms with Gasteiger partial charge in [-0.15, -0.1) is 0 Å². The van der Waals surface area contributed by atoms with Crippen molar-refractivity contribution in [1.29, 1.82) is 0 Å². The van der Waals surface area contributed by atoms with Crippen molar-refractivity contribution in [2.45, 2.75) is 52.5 Å². The van der Waals surface area contributed by atoms with Gasteiger partial charge in [0.15, 0.2) is 0 Å². The third kappa shape index (κ3) is 4.62. The summed E-state index contributed by atoms with van der Waals surface area (Å²) in [7, 11) is 0.